The van der Waals surface area contributed by atoms with E-state index in [9.17, 15) is 0 Å². The number of hydrogen-bond acceptors (Lipinski definition) is 5. The Bertz CT molecular complexity index is 555. The number of nitrogens with one attached hydrogen (secondary N) is 1. The van der Waals surface area contributed by atoms with Crippen LogP contribution in [0.2, 0.25) is 0 Å². The van der Waals surface area contributed by atoms with Crippen molar-refractivity contribution in [2.45, 2.75) is 30.9 Å². The average Bonchev–Trinajstić information content (AvgIpc) is 2.75. The Labute approximate surface area is 110 Å². The molecule has 96 valence electrons. The largest absolute Gasteiger partial charge is 0.368 e. The monoisotopic (exact) mass is 263 g/mol. The van der Waals surface area contributed by atoms with Gasteiger partial charge in [-0.2, -0.15) is 26.4 Å². The number of aromatic nitrogens is 4. The van der Waals surface area contributed by atoms with Gasteiger partial charge in [-0.15, -0.1) is 0 Å². The van der Waals surface area contributed by atoms with Crippen molar-refractivity contribution < 1.29 is 0 Å². The lowest BCUT2D eigenvalue weighted by Gasteiger charge is -2.40. The maximum atomic E-state index is 4.34. The zero-order valence-corrected chi connectivity index (χ0v) is 11.5. The molecule has 1 saturated carbocycles. The number of anilines is 1. The fourth-order valence-corrected chi connectivity index (χ4v) is 3.25. The fourth-order valence-electron chi connectivity index (χ4n) is 2.33. The summed E-state index contributed by atoms with van der Waals surface area (Å²) < 4.78 is 2.17. The molecule has 6 heteroatoms. The number of fused-ring (bicyclic) bond motifs is 1. The van der Waals surface area contributed by atoms with E-state index in [0.717, 1.165) is 18.1 Å². The zero-order valence-electron chi connectivity index (χ0n) is 10.7. The molecule has 2 heterocycles. The first-order valence-electron chi connectivity index (χ1n) is 6.19. The molecular formula is C12H17N5S. The van der Waals surface area contributed by atoms with Crippen molar-refractivity contribution >= 4 is 23.4 Å². The van der Waals surface area contributed by atoms with Gasteiger partial charge in [-0.25, -0.2) is 4.98 Å². The highest BCUT2D eigenvalue weighted by Gasteiger charge is 2.35. The van der Waals surface area contributed by atoms with Gasteiger partial charge in [0.1, 0.15) is 12.1 Å². The third-order valence-corrected chi connectivity index (χ3v) is 5.09. The van der Waals surface area contributed by atoms with E-state index < -0.39 is 0 Å². The summed E-state index contributed by atoms with van der Waals surface area (Å²) in [5, 5.41) is 7.71. The third-order valence-electron chi connectivity index (χ3n) is 3.67. The molecule has 3 rings (SSSR count). The highest BCUT2D eigenvalue weighted by molar-refractivity contribution is 8.00. The van der Waals surface area contributed by atoms with Crippen molar-refractivity contribution in [3.05, 3.63) is 18.1 Å². The van der Waals surface area contributed by atoms with Crippen LogP contribution in [0.25, 0.3) is 5.78 Å². The Morgan fingerprint density at radius 3 is 3.00 bits per heavy atom. The number of thioether (sulfide) groups is 1. The molecule has 0 saturated heterocycles. The van der Waals surface area contributed by atoms with Gasteiger partial charge in [-0.3, -0.25) is 0 Å². The topological polar surface area (TPSA) is 55.1 Å². The fraction of sp³-hybridized carbons (Fsp3) is 0.583. The summed E-state index contributed by atoms with van der Waals surface area (Å²) in [7, 11) is 0. The van der Waals surface area contributed by atoms with Gasteiger partial charge in [0.25, 0.3) is 5.78 Å². The molecule has 0 unspecified atom stereocenters. The first-order valence-corrected chi connectivity index (χ1v) is 7.41. The van der Waals surface area contributed by atoms with Crippen molar-refractivity contribution in [3.63, 3.8) is 0 Å². The van der Waals surface area contributed by atoms with Crippen LogP contribution >= 0.6 is 11.8 Å². The Kier molecular flexibility index (Phi) is 2.89. The highest BCUT2D eigenvalue weighted by Crippen LogP contribution is 2.42. The molecule has 5 nitrogen and oxygen atoms in total. The van der Waals surface area contributed by atoms with Crippen LogP contribution in [0.4, 0.5) is 5.82 Å². The first-order chi connectivity index (χ1) is 8.72. The van der Waals surface area contributed by atoms with E-state index in [1.165, 1.54) is 19.3 Å². The average molecular weight is 263 g/mol. The highest BCUT2D eigenvalue weighted by atomic mass is 32.2. The predicted octanol–water partition coefficient (Wildman–Crippen LogP) is 2.13. The van der Waals surface area contributed by atoms with E-state index in [0.29, 0.717) is 10.5 Å². The Morgan fingerprint density at radius 1 is 1.50 bits per heavy atom. The molecule has 1 aliphatic rings. The van der Waals surface area contributed by atoms with E-state index in [1.54, 1.807) is 10.8 Å². The summed E-state index contributed by atoms with van der Waals surface area (Å²) in [6.45, 7) is 2.96. The standard InChI is InChI=1S/C12H17N5S/c1-9-6-10(17-11(16-9)14-8-15-17)13-7-12(18-2)4-3-5-12/h6,8,13H,3-5,7H2,1-2H3. The number of nitrogens with zero attached hydrogens (tertiary/aromatic N) is 4. The van der Waals surface area contributed by atoms with Crippen molar-refractivity contribution in [1.82, 2.24) is 19.6 Å². The zero-order chi connectivity index (χ0) is 12.6. The minimum atomic E-state index is 0.407. The van der Waals surface area contributed by atoms with Crippen LogP contribution in [-0.2, 0) is 0 Å². The lowest BCUT2D eigenvalue weighted by Crippen LogP contribution is -2.40. The van der Waals surface area contributed by atoms with Crippen LogP contribution in [0.15, 0.2) is 12.4 Å². The quantitative estimate of drug-likeness (QED) is 0.915. The Morgan fingerprint density at radius 2 is 2.33 bits per heavy atom. The third kappa shape index (κ3) is 1.94. The number of aryl methyl sites for hydroxylation is 1. The summed E-state index contributed by atoms with van der Waals surface area (Å²) in [5.74, 6) is 1.64. The molecule has 18 heavy (non-hydrogen) atoms. The second kappa shape index (κ2) is 4.42. The molecule has 0 atom stereocenters. The first kappa shape index (κ1) is 11.8. The van der Waals surface area contributed by atoms with Crippen LogP contribution in [0.3, 0.4) is 0 Å². The van der Waals surface area contributed by atoms with Gasteiger partial charge in [0.05, 0.1) is 0 Å². The minimum absolute atomic E-state index is 0.407. The lowest BCUT2D eigenvalue weighted by molar-refractivity contribution is 0.379. The van der Waals surface area contributed by atoms with Crippen molar-refractivity contribution in [1.29, 1.82) is 0 Å². The summed E-state index contributed by atoms with van der Waals surface area (Å²) in [4.78, 5) is 8.47. The van der Waals surface area contributed by atoms with Gasteiger partial charge in [0.15, 0.2) is 0 Å². The molecule has 1 fully saturated rings. The second-order valence-corrected chi connectivity index (χ2v) is 6.12. The van der Waals surface area contributed by atoms with Gasteiger partial charge < -0.3 is 5.32 Å². The summed E-state index contributed by atoms with van der Waals surface area (Å²) in [6, 6.07) is 2.02. The van der Waals surface area contributed by atoms with E-state index in [2.05, 4.69) is 26.6 Å². The van der Waals surface area contributed by atoms with Crippen LogP contribution in [0.1, 0.15) is 25.0 Å². The molecule has 0 aliphatic heterocycles. The van der Waals surface area contributed by atoms with Gasteiger partial charge >= 0.3 is 0 Å². The molecule has 0 aromatic carbocycles. The van der Waals surface area contributed by atoms with Gasteiger partial charge in [0, 0.05) is 23.1 Å². The van der Waals surface area contributed by atoms with Crippen LogP contribution in [0.5, 0.6) is 0 Å². The van der Waals surface area contributed by atoms with Gasteiger partial charge in [0.2, 0.25) is 0 Å². The molecule has 2 aromatic heterocycles. The van der Waals surface area contributed by atoms with Crippen LogP contribution in [-0.4, -0.2) is 37.1 Å². The molecular weight excluding hydrogens is 246 g/mol. The minimum Gasteiger partial charge on any atom is -0.368 e. The summed E-state index contributed by atoms with van der Waals surface area (Å²) >= 11 is 1.97. The van der Waals surface area contributed by atoms with Crippen molar-refractivity contribution in [3.8, 4) is 0 Å². The van der Waals surface area contributed by atoms with E-state index in [-0.39, 0.29) is 0 Å². The molecule has 1 N–H and O–H groups in total. The van der Waals surface area contributed by atoms with E-state index >= 15 is 0 Å². The SMILES string of the molecule is CSC1(CNc2cc(C)nc3ncnn23)CCC1. The molecule has 0 spiro atoms. The van der Waals surface area contributed by atoms with Gasteiger partial charge in [-0.1, -0.05) is 6.42 Å². The lowest BCUT2D eigenvalue weighted by atomic mass is 9.84. The number of rotatable bonds is 4. The van der Waals surface area contributed by atoms with E-state index in [1.807, 2.05) is 24.8 Å². The van der Waals surface area contributed by atoms with Gasteiger partial charge in [-0.05, 0) is 26.0 Å². The van der Waals surface area contributed by atoms with Crippen LogP contribution in [0, 0.1) is 6.92 Å². The number of hydrogen-bond donors (Lipinski definition) is 1. The Hall–Kier alpha value is -1.30. The molecule has 0 bridgehead atoms. The molecule has 0 amide bonds. The Balaban J connectivity index is 1.83. The van der Waals surface area contributed by atoms with Crippen molar-refractivity contribution in [2.24, 2.45) is 0 Å². The normalized spacial score (nSPS) is 17.7. The maximum Gasteiger partial charge on any atom is 0.254 e. The van der Waals surface area contributed by atoms with Crippen molar-refractivity contribution in [2.75, 3.05) is 18.1 Å². The smallest absolute Gasteiger partial charge is 0.254 e. The maximum absolute atomic E-state index is 4.34. The van der Waals surface area contributed by atoms with E-state index in [4.69, 9.17) is 0 Å². The molecule has 0 radical (unpaired) electrons. The molecule has 2 aromatic rings. The summed E-state index contributed by atoms with van der Waals surface area (Å²) in [5.41, 5.74) is 0.963. The predicted molar refractivity (Wildman–Crippen MR) is 74.1 cm³/mol. The molecule has 1 aliphatic carbocycles. The van der Waals surface area contributed by atoms with Crippen LogP contribution < -0.4 is 5.32 Å². The summed E-state index contributed by atoms with van der Waals surface area (Å²) in [6.07, 6.45) is 7.68. The second-order valence-electron chi connectivity index (χ2n) is 4.85.